The Morgan fingerprint density at radius 1 is 0.767 bits per heavy atom. The van der Waals surface area contributed by atoms with Crippen LogP contribution in [0.4, 0.5) is 0 Å². The monoisotopic (exact) mass is 418 g/mol. The standard InChI is InChI=1S/C22H10O7S/c23-14(24)8-29-9-5-6-12-13(7-9)18(26)16-15-17(25)10-3-1-2-4-11(10)19(27)21(15)30-22(16)20(12)28/h1-7H,8H2,(H,23,24). The van der Waals surface area contributed by atoms with Crippen molar-refractivity contribution in [2.24, 2.45) is 0 Å². The van der Waals surface area contributed by atoms with E-state index in [-0.39, 0.29) is 47.5 Å². The fraction of sp³-hybridized carbons (Fsp3) is 0.0455. The predicted molar refractivity (Wildman–Crippen MR) is 115 cm³/mol. The second kappa shape index (κ2) is 6.30. The summed E-state index contributed by atoms with van der Waals surface area (Å²) in [6.07, 6.45) is 0. The van der Waals surface area contributed by atoms with Gasteiger partial charge in [-0.3, -0.25) is 19.2 Å². The van der Waals surface area contributed by atoms with Crippen molar-refractivity contribution in [2.45, 2.75) is 0 Å². The Morgan fingerprint density at radius 3 is 1.90 bits per heavy atom. The van der Waals surface area contributed by atoms with Crippen LogP contribution in [0.5, 0.6) is 5.75 Å². The number of thiophene rings is 1. The average Bonchev–Trinajstić information content (AvgIpc) is 3.16. The Bertz CT molecular complexity index is 1750. The van der Waals surface area contributed by atoms with Gasteiger partial charge in [-0.1, -0.05) is 24.3 Å². The molecular weight excluding hydrogens is 408 g/mol. The smallest absolute Gasteiger partial charge is 0.341 e. The third-order valence-electron chi connectivity index (χ3n) is 5.03. The van der Waals surface area contributed by atoms with Crippen molar-refractivity contribution >= 4 is 59.0 Å². The molecule has 8 heteroatoms. The highest BCUT2D eigenvalue weighted by Crippen LogP contribution is 2.29. The lowest BCUT2D eigenvalue weighted by atomic mass is 10.0. The molecule has 0 saturated heterocycles. The largest absolute Gasteiger partial charge is 0.482 e. The first-order valence-electron chi connectivity index (χ1n) is 8.81. The van der Waals surface area contributed by atoms with Crippen molar-refractivity contribution in [1.29, 1.82) is 0 Å². The van der Waals surface area contributed by atoms with Gasteiger partial charge in [-0.05, 0) is 18.2 Å². The molecule has 0 saturated carbocycles. The van der Waals surface area contributed by atoms with E-state index in [2.05, 4.69) is 0 Å². The Balaban J connectivity index is 1.98. The fourth-order valence-electron chi connectivity index (χ4n) is 3.72. The van der Waals surface area contributed by atoms with Crippen LogP contribution in [0.15, 0.2) is 61.6 Å². The Kier molecular flexibility index (Phi) is 3.81. The molecule has 4 aromatic carbocycles. The van der Waals surface area contributed by atoms with Gasteiger partial charge in [0, 0.05) is 21.5 Å². The Labute approximate surface area is 169 Å². The molecule has 0 aliphatic heterocycles. The normalized spacial score (nSPS) is 11.6. The van der Waals surface area contributed by atoms with Crippen LogP contribution in [0.2, 0.25) is 0 Å². The van der Waals surface area contributed by atoms with Crippen molar-refractivity contribution < 1.29 is 14.6 Å². The molecule has 5 aromatic rings. The zero-order valence-corrected chi connectivity index (χ0v) is 15.9. The van der Waals surface area contributed by atoms with Crippen molar-refractivity contribution in [3.8, 4) is 5.75 Å². The van der Waals surface area contributed by atoms with Crippen molar-refractivity contribution in [1.82, 2.24) is 0 Å². The molecule has 0 spiro atoms. The van der Waals surface area contributed by atoms with Gasteiger partial charge in [-0.25, -0.2) is 4.79 Å². The topological polar surface area (TPSA) is 115 Å². The van der Waals surface area contributed by atoms with Gasteiger partial charge in [-0.2, -0.15) is 0 Å². The first-order valence-corrected chi connectivity index (χ1v) is 9.63. The van der Waals surface area contributed by atoms with Crippen LogP contribution in [0, 0.1) is 0 Å². The van der Waals surface area contributed by atoms with Crippen LogP contribution >= 0.6 is 11.3 Å². The fourth-order valence-corrected chi connectivity index (χ4v) is 4.92. The minimum Gasteiger partial charge on any atom is -0.482 e. The van der Waals surface area contributed by atoms with Crippen LogP contribution in [0.3, 0.4) is 0 Å². The third kappa shape index (κ3) is 2.40. The minimum absolute atomic E-state index is 0.00935. The number of hydrogen-bond donors (Lipinski definition) is 1. The minimum atomic E-state index is -1.19. The molecule has 1 N–H and O–H groups in total. The zero-order chi connectivity index (χ0) is 21.2. The van der Waals surface area contributed by atoms with Crippen LogP contribution in [-0.2, 0) is 4.79 Å². The number of hydrogen-bond acceptors (Lipinski definition) is 7. The van der Waals surface area contributed by atoms with Crippen LogP contribution < -0.4 is 26.5 Å². The van der Waals surface area contributed by atoms with Gasteiger partial charge in [0.25, 0.3) is 0 Å². The molecule has 0 radical (unpaired) electrons. The molecule has 0 amide bonds. The number of carboxylic acid groups (broad SMARTS) is 1. The van der Waals surface area contributed by atoms with Gasteiger partial charge in [0.15, 0.2) is 17.5 Å². The van der Waals surface area contributed by atoms with E-state index < -0.39 is 34.3 Å². The summed E-state index contributed by atoms with van der Waals surface area (Å²) in [5.41, 5.74) is -1.90. The molecule has 0 aliphatic carbocycles. The van der Waals surface area contributed by atoms with E-state index in [0.29, 0.717) is 0 Å². The third-order valence-corrected chi connectivity index (χ3v) is 6.22. The van der Waals surface area contributed by atoms with Gasteiger partial charge in [0.2, 0.25) is 10.9 Å². The molecule has 0 aliphatic rings. The highest BCUT2D eigenvalue weighted by Gasteiger charge is 2.22. The van der Waals surface area contributed by atoms with E-state index in [1.807, 2.05) is 0 Å². The summed E-state index contributed by atoms with van der Waals surface area (Å²) < 4.78 is 5.25. The van der Waals surface area contributed by atoms with Crippen molar-refractivity contribution in [3.05, 3.63) is 83.4 Å². The molecule has 0 unspecified atom stereocenters. The maximum absolute atomic E-state index is 13.3. The van der Waals surface area contributed by atoms with E-state index in [4.69, 9.17) is 9.84 Å². The lowest BCUT2D eigenvalue weighted by Gasteiger charge is -2.04. The SMILES string of the molecule is O=C(O)COc1ccc2c(=O)c3sc4c(=O)c5ccccc5c(=O)c4c3c(=O)c2c1. The second-order valence-corrected chi connectivity index (χ2v) is 7.78. The molecule has 30 heavy (non-hydrogen) atoms. The summed E-state index contributed by atoms with van der Waals surface area (Å²) in [4.78, 5) is 63.0. The molecule has 5 rings (SSSR count). The predicted octanol–water partition coefficient (Wildman–Crippen LogP) is 2.14. The number of benzene rings is 4. The van der Waals surface area contributed by atoms with Gasteiger partial charge in [0.05, 0.1) is 20.2 Å². The van der Waals surface area contributed by atoms with Gasteiger partial charge >= 0.3 is 5.97 Å². The van der Waals surface area contributed by atoms with Crippen molar-refractivity contribution in [3.63, 3.8) is 0 Å². The lowest BCUT2D eigenvalue weighted by Crippen LogP contribution is -2.15. The van der Waals surface area contributed by atoms with E-state index in [1.54, 1.807) is 18.2 Å². The number of rotatable bonds is 3. The van der Waals surface area contributed by atoms with E-state index in [0.717, 1.165) is 11.3 Å². The maximum atomic E-state index is 13.3. The average molecular weight is 418 g/mol. The summed E-state index contributed by atoms with van der Waals surface area (Å²) in [5.74, 6) is -1.08. The molecule has 0 atom stereocenters. The van der Waals surface area contributed by atoms with E-state index >= 15 is 0 Å². The summed E-state index contributed by atoms with van der Waals surface area (Å²) in [6.45, 7) is -0.607. The number of carbonyl (C=O) groups is 1. The Hall–Kier alpha value is -3.91. The van der Waals surface area contributed by atoms with Gasteiger partial charge in [0.1, 0.15) is 5.75 Å². The quantitative estimate of drug-likeness (QED) is 0.477. The molecule has 0 bridgehead atoms. The first kappa shape index (κ1) is 18.1. The molecule has 146 valence electrons. The van der Waals surface area contributed by atoms with Crippen LogP contribution in [0.1, 0.15) is 0 Å². The molecule has 1 aromatic heterocycles. The van der Waals surface area contributed by atoms with Crippen molar-refractivity contribution in [2.75, 3.05) is 6.61 Å². The summed E-state index contributed by atoms with van der Waals surface area (Å²) >= 11 is 0.857. The van der Waals surface area contributed by atoms with Crippen LogP contribution in [-0.4, -0.2) is 17.7 Å². The van der Waals surface area contributed by atoms with Gasteiger partial charge in [-0.15, -0.1) is 11.3 Å². The highest BCUT2D eigenvalue weighted by molar-refractivity contribution is 7.25. The lowest BCUT2D eigenvalue weighted by molar-refractivity contribution is -0.139. The molecule has 7 nitrogen and oxygen atoms in total. The molecule has 0 fully saturated rings. The highest BCUT2D eigenvalue weighted by atomic mass is 32.1. The summed E-state index contributed by atoms with van der Waals surface area (Å²) in [6, 6.07) is 10.4. The van der Waals surface area contributed by atoms with E-state index in [1.165, 1.54) is 24.3 Å². The Morgan fingerprint density at radius 2 is 1.30 bits per heavy atom. The number of carboxylic acids is 1. The summed E-state index contributed by atoms with van der Waals surface area (Å²) in [7, 11) is 0. The molecular formula is C22H10O7S. The zero-order valence-electron chi connectivity index (χ0n) is 15.1. The number of fused-ring (bicyclic) bond motifs is 5. The number of ether oxygens (including phenoxy) is 1. The number of aliphatic carboxylic acids is 1. The van der Waals surface area contributed by atoms with Gasteiger partial charge < -0.3 is 9.84 Å². The first-order chi connectivity index (χ1) is 14.4. The maximum Gasteiger partial charge on any atom is 0.341 e. The van der Waals surface area contributed by atoms with Crippen LogP contribution in [0.25, 0.3) is 41.7 Å². The second-order valence-electron chi connectivity index (χ2n) is 6.76. The molecule has 1 heterocycles. The summed E-state index contributed by atoms with van der Waals surface area (Å²) in [5, 5.41) is 9.21. The van der Waals surface area contributed by atoms with E-state index in [9.17, 15) is 24.0 Å².